The Bertz CT molecular complexity index is 1380. The Kier molecular flexibility index (Phi) is 14.3. The molecule has 5 atom stereocenters. The lowest BCUT2D eigenvalue weighted by molar-refractivity contribution is -0.160. The van der Waals surface area contributed by atoms with Crippen LogP contribution in [0, 0.1) is 0 Å². The predicted molar refractivity (Wildman–Crippen MR) is 187 cm³/mol. The molecular formula is C31H56N3O11PSi2. The summed E-state index contributed by atoms with van der Waals surface area (Å²) in [5, 5.41) is 1.97. The summed E-state index contributed by atoms with van der Waals surface area (Å²) < 4.78 is 51.4. The molecule has 0 radical (unpaired) electrons. The standard InChI is InChI=1S/C31H56N3O11PSi2/c1-14-40-46(39,41-15-2)20-24(37)42-22(17-19-35)25-26(44-47(10,11)30(4,5)6)27(45-48(12,13)31(7,8)9)28(43-25)34-18-16-23(32-21(3)36)33-29(34)38/h16,18-19,22,25-28H,14-15,17,20H2,1-13H3,(H,32,33,36,38)/t22-,25-,26-,27+,28-/m1/s1. The van der Waals surface area contributed by atoms with Gasteiger partial charge in [-0.05, 0) is 56.2 Å². The average Bonchev–Trinajstić information content (AvgIpc) is 3.23. The van der Waals surface area contributed by atoms with Crippen molar-refractivity contribution in [2.24, 2.45) is 0 Å². The van der Waals surface area contributed by atoms with Crippen molar-refractivity contribution in [3.63, 3.8) is 0 Å². The van der Waals surface area contributed by atoms with Crippen LogP contribution >= 0.6 is 7.60 Å². The van der Waals surface area contributed by atoms with Gasteiger partial charge in [-0.15, -0.1) is 0 Å². The summed E-state index contributed by atoms with van der Waals surface area (Å²) in [6.07, 6.45) is -4.13. The molecule has 1 aliphatic heterocycles. The molecule has 0 bridgehead atoms. The molecule has 0 spiro atoms. The summed E-state index contributed by atoms with van der Waals surface area (Å²) in [5.41, 5.74) is -0.722. The molecule has 1 saturated heterocycles. The van der Waals surface area contributed by atoms with Crippen molar-refractivity contribution in [1.82, 2.24) is 9.55 Å². The molecule has 1 N–H and O–H groups in total. The number of hydrogen-bond acceptors (Lipinski definition) is 12. The molecule has 17 heteroatoms. The van der Waals surface area contributed by atoms with Gasteiger partial charge in [0.15, 0.2) is 22.9 Å². The van der Waals surface area contributed by atoms with Crippen molar-refractivity contribution in [2.75, 3.05) is 24.7 Å². The maximum atomic E-state index is 13.5. The predicted octanol–water partition coefficient (Wildman–Crippen LogP) is 5.65. The van der Waals surface area contributed by atoms with Crippen molar-refractivity contribution in [2.45, 2.75) is 136 Å². The number of aldehydes is 1. The topological polar surface area (TPSA) is 171 Å². The van der Waals surface area contributed by atoms with Gasteiger partial charge in [-0.3, -0.25) is 18.7 Å². The van der Waals surface area contributed by atoms with E-state index in [2.05, 4.69) is 78.0 Å². The second-order valence-electron chi connectivity index (χ2n) is 14.9. The van der Waals surface area contributed by atoms with Gasteiger partial charge >= 0.3 is 19.3 Å². The number of nitrogens with one attached hydrogen (secondary N) is 1. The Hall–Kier alpha value is -2.05. The minimum absolute atomic E-state index is 0.0498. The lowest BCUT2D eigenvalue weighted by Gasteiger charge is -2.44. The van der Waals surface area contributed by atoms with Crippen molar-refractivity contribution >= 4 is 48.2 Å². The quantitative estimate of drug-likeness (QED) is 0.0961. The SMILES string of the molecule is CCOP(=O)(CC(=O)O[C@H](CC=O)[C@H]1O[C@@H](n2ccc(NC(C)=O)nc2=O)[C@@H](O[Si](C)(C)C(C)(C)C)[C@@H]1O[Si](C)(C)C(C)(C)C)OCC. The number of nitrogens with zero attached hydrogens (tertiary/aromatic N) is 2. The van der Waals surface area contributed by atoms with Crippen molar-refractivity contribution in [1.29, 1.82) is 0 Å². The van der Waals surface area contributed by atoms with Gasteiger partial charge in [0, 0.05) is 19.5 Å². The number of rotatable bonds is 16. The Morgan fingerprint density at radius 2 is 1.54 bits per heavy atom. The summed E-state index contributed by atoms with van der Waals surface area (Å²) in [4.78, 5) is 54.5. The van der Waals surface area contributed by atoms with Gasteiger partial charge in [0.05, 0.1) is 13.2 Å². The van der Waals surface area contributed by atoms with E-state index in [1.807, 2.05) is 0 Å². The summed E-state index contributed by atoms with van der Waals surface area (Å²) in [5.74, 6) is -1.24. The number of carbonyl (C=O) groups is 3. The molecule has 1 aromatic rings. The fourth-order valence-electron chi connectivity index (χ4n) is 4.57. The molecule has 274 valence electrons. The van der Waals surface area contributed by atoms with Gasteiger partial charge in [0.25, 0.3) is 0 Å². The largest absolute Gasteiger partial charge is 0.459 e. The number of esters is 1. The summed E-state index contributed by atoms with van der Waals surface area (Å²) in [7, 11) is -9.05. The van der Waals surface area contributed by atoms with E-state index < -0.39 is 78.6 Å². The first-order chi connectivity index (χ1) is 21.9. The fourth-order valence-corrected chi connectivity index (χ4v) is 8.59. The molecule has 2 heterocycles. The number of carbonyl (C=O) groups excluding carboxylic acids is 3. The first-order valence-electron chi connectivity index (χ1n) is 16.3. The molecule has 1 aliphatic rings. The van der Waals surface area contributed by atoms with E-state index in [0.29, 0.717) is 6.29 Å². The summed E-state index contributed by atoms with van der Waals surface area (Å²) in [6.45, 7) is 25.3. The maximum absolute atomic E-state index is 13.5. The van der Waals surface area contributed by atoms with Crippen LogP contribution in [0.25, 0.3) is 0 Å². The third kappa shape index (κ3) is 10.7. The van der Waals surface area contributed by atoms with Crippen molar-refractivity contribution in [3.05, 3.63) is 22.7 Å². The van der Waals surface area contributed by atoms with Gasteiger partial charge < -0.3 is 37.5 Å². The van der Waals surface area contributed by atoms with Gasteiger partial charge in [0.2, 0.25) is 5.91 Å². The number of aromatic nitrogens is 2. The molecule has 0 unspecified atom stereocenters. The lowest BCUT2D eigenvalue weighted by atomic mass is 10.0. The van der Waals surface area contributed by atoms with Crippen molar-refractivity contribution in [3.8, 4) is 0 Å². The van der Waals surface area contributed by atoms with Crippen LogP contribution in [-0.4, -0.2) is 88.1 Å². The van der Waals surface area contributed by atoms with E-state index >= 15 is 0 Å². The highest BCUT2D eigenvalue weighted by Crippen LogP contribution is 2.49. The van der Waals surface area contributed by atoms with Crippen LogP contribution in [0.3, 0.4) is 0 Å². The highest BCUT2D eigenvalue weighted by atomic mass is 31.2. The Labute approximate surface area is 286 Å². The van der Waals surface area contributed by atoms with E-state index in [1.165, 1.54) is 23.8 Å². The van der Waals surface area contributed by atoms with Crippen LogP contribution in [-0.2, 0) is 46.3 Å². The Balaban J connectivity index is 2.76. The van der Waals surface area contributed by atoms with Crippen LogP contribution in [0.15, 0.2) is 17.1 Å². The molecule has 2 rings (SSSR count). The summed E-state index contributed by atoms with van der Waals surface area (Å²) in [6, 6.07) is 1.47. The van der Waals surface area contributed by atoms with Crippen LogP contribution in [0.5, 0.6) is 0 Å². The van der Waals surface area contributed by atoms with Gasteiger partial charge in [0.1, 0.15) is 42.7 Å². The van der Waals surface area contributed by atoms with Crippen LogP contribution in [0.1, 0.15) is 75.0 Å². The highest BCUT2D eigenvalue weighted by molar-refractivity contribution is 7.54. The number of hydrogen-bond donors (Lipinski definition) is 1. The number of ether oxygens (including phenoxy) is 2. The zero-order valence-corrected chi connectivity index (χ0v) is 33.7. The van der Waals surface area contributed by atoms with Crippen molar-refractivity contribution < 1.29 is 46.3 Å². The highest BCUT2D eigenvalue weighted by Gasteiger charge is 2.57. The van der Waals surface area contributed by atoms with Crippen LogP contribution in [0.2, 0.25) is 36.3 Å². The third-order valence-electron chi connectivity index (χ3n) is 9.06. The second kappa shape index (κ2) is 16.3. The van der Waals surface area contributed by atoms with E-state index in [9.17, 15) is 23.7 Å². The second-order valence-corrected chi connectivity index (χ2v) is 26.5. The smallest absolute Gasteiger partial charge is 0.351 e. The molecule has 0 aromatic carbocycles. The zero-order chi connectivity index (χ0) is 36.9. The number of amides is 1. The first kappa shape index (κ1) is 42.1. The third-order valence-corrected chi connectivity index (χ3v) is 20.0. The molecular weight excluding hydrogens is 677 g/mol. The average molecular weight is 734 g/mol. The van der Waals surface area contributed by atoms with Gasteiger partial charge in [-0.2, -0.15) is 4.98 Å². The molecule has 14 nitrogen and oxygen atoms in total. The number of anilines is 1. The first-order valence-corrected chi connectivity index (χ1v) is 23.9. The molecule has 0 aliphatic carbocycles. The van der Waals surface area contributed by atoms with Gasteiger partial charge in [-0.25, -0.2) is 4.79 Å². The van der Waals surface area contributed by atoms with Gasteiger partial charge in [-0.1, -0.05) is 41.5 Å². The van der Waals surface area contributed by atoms with Crippen LogP contribution in [0.4, 0.5) is 5.82 Å². The molecule has 1 amide bonds. The fraction of sp³-hybridized carbons (Fsp3) is 0.774. The normalized spacial score (nSPS) is 21.5. The minimum Gasteiger partial charge on any atom is -0.459 e. The molecule has 0 saturated carbocycles. The van der Waals surface area contributed by atoms with E-state index in [0.717, 1.165) is 0 Å². The summed E-state index contributed by atoms with van der Waals surface area (Å²) >= 11 is 0. The Morgan fingerprint density at radius 1 is 1.02 bits per heavy atom. The Morgan fingerprint density at radius 3 is 1.98 bits per heavy atom. The van der Waals surface area contributed by atoms with E-state index in [4.69, 9.17) is 27.4 Å². The molecule has 1 fully saturated rings. The van der Waals surface area contributed by atoms with E-state index in [1.54, 1.807) is 13.8 Å². The maximum Gasteiger partial charge on any atom is 0.351 e. The lowest BCUT2D eigenvalue weighted by Crippen LogP contribution is -2.55. The zero-order valence-electron chi connectivity index (χ0n) is 30.8. The monoisotopic (exact) mass is 733 g/mol. The van der Waals surface area contributed by atoms with Crippen LogP contribution < -0.4 is 11.0 Å². The molecule has 1 aromatic heterocycles. The molecule has 48 heavy (non-hydrogen) atoms. The minimum atomic E-state index is -3.82. The van der Waals surface area contributed by atoms with E-state index in [-0.39, 0.29) is 35.5 Å².